The van der Waals surface area contributed by atoms with E-state index in [4.69, 9.17) is 4.74 Å². The van der Waals surface area contributed by atoms with Crippen molar-refractivity contribution in [1.29, 1.82) is 0 Å². The summed E-state index contributed by atoms with van der Waals surface area (Å²) in [5.41, 5.74) is 1.63. The lowest BCUT2D eigenvalue weighted by Crippen LogP contribution is -2.49. The number of piperazine rings is 1. The third kappa shape index (κ3) is 4.25. The molecule has 8 heteroatoms. The van der Waals surface area contributed by atoms with Gasteiger partial charge in [0, 0.05) is 38.9 Å². The molecule has 0 radical (unpaired) electrons. The van der Waals surface area contributed by atoms with Crippen molar-refractivity contribution in [2.45, 2.75) is 18.9 Å². The largest absolute Gasteiger partial charge is 0.495 e. The number of rotatable bonds is 4. The molecule has 1 N–H and O–H groups in total. The van der Waals surface area contributed by atoms with E-state index in [9.17, 15) is 4.79 Å². The van der Waals surface area contributed by atoms with Crippen molar-refractivity contribution >= 4 is 24.0 Å². The molecule has 7 nitrogen and oxygen atoms in total. The summed E-state index contributed by atoms with van der Waals surface area (Å²) in [6.07, 6.45) is 4.20. The smallest absolute Gasteiger partial charge is 0.274 e. The number of aromatic nitrogens is 2. The van der Waals surface area contributed by atoms with Crippen molar-refractivity contribution in [1.82, 2.24) is 20.0 Å². The maximum absolute atomic E-state index is 12.9. The molecule has 1 aromatic heterocycles. The first-order chi connectivity index (χ1) is 13.3. The Bertz CT molecular complexity index is 782. The van der Waals surface area contributed by atoms with Crippen LogP contribution in [0.15, 0.2) is 36.5 Å². The van der Waals surface area contributed by atoms with Crippen LogP contribution in [0.3, 0.4) is 0 Å². The molecule has 2 aliphatic heterocycles. The molecule has 2 fully saturated rings. The number of anilines is 1. The van der Waals surface area contributed by atoms with Crippen LogP contribution >= 0.6 is 12.4 Å². The van der Waals surface area contributed by atoms with Gasteiger partial charge in [-0.2, -0.15) is 5.10 Å². The topological polar surface area (TPSA) is 62.6 Å². The highest BCUT2D eigenvalue weighted by Crippen LogP contribution is 2.28. The molecule has 0 saturated carbocycles. The molecule has 0 aliphatic carbocycles. The number of piperidine rings is 1. The van der Waals surface area contributed by atoms with Gasteiger partial charge in [-0.25, -0.2) is 0 Å². The third-order valence-corrected chi connectivity index (χ3v) is 5.47. The Kier molecular flexibility index (Phi) is 6.80. The quantitative estimate of drug-likeness (QED) is 0.844. The van der Waals surface area contributed by atoms with Crippen LogP contribution in [0, 0.1) is 0 Å². The van der Waals surface area contributed by atoms with Crippen molar-refractivity contribution in [3.8, 4) is 5.75 Å². The number of halogens is 1. The Morgan fingerprint density at radius 2 is 1.96 bits per heavy atom. The summed E-state index contributed by atoms with van der Waals surface area (Å²) in [6.45, 7) is 4.95. The van der Waals surface area contributed by atoms with Gasteiger partial charge in [0.1, 0.15) is 11.4 Å². The third-order valence-electron chi connectivity index (χ3n) is 5.47. The van der Waals surface area contributed by atoms with Gasteiger partial charge in [0.2, 0.25) is 0 Å². The molecule has 28 heavy (non-hydrogen) atoms. The van der Waals surface area contributed by atoms with Gasteiger partial charge in [0.05, 0.1) is 18.8 Å². The van der Waals surface area contributed by atoms with Gasteiger partial charge in [0.25, 0.3) is 5.91 Å². The number of carbonyl (C=O) groups excluding carboxylic acids is 1. The molecule has 1 aromatic carbocycles. The van der Waals surface area contributed by atoms with Crippen LogP contribution in [-0.4, -0.2) is 67.0 Å². The molecule has 4 rings (SSSR count). The molecule has 2 saturated heterocycles. The summed E-state index contributed by atoms with van der Waals surface area (Å²) >= 11 is 0. The van der Waals surface area contributed by atoms with Crippen LogP contribution in [-0.2, 0) is 0 Å². The lowest BCUT2D eigenvalue weighted by Gasteiger charge is -2.36. The summed E-state index contributed by atoms with van der Waals surface area (Å²) in [4.78, 5) is 17.0. The highest BCUT2D eigenvalue weighted by atomic mass is 35.5. The minimum Gasteiger partial charge on any atom is -0.495 e. The summed E-state index contributed by atoms with van der Waals surface area (Å²) < 4.78 is 7.41. The molecular weight excluding hydrogens is 378 g/mol. The number of hydrogen-bond acceptors (Lipinski definition) is 5. The van der Waals surface area contributed by atoms with Crippen molar-refractivity contribution in [2.75, 3.05) is 51.3 Å². The van der Waals surface area contributed by atoms with Crippen LogP contribution in [0.4, 0.5) is 5.69 Å². The number of amides is 1. The first kappa shape index (κ1) is 20.5. The Hall–Kier alpha value is -2.25. The van der Waals surface area contributed by atoms with E-state index in [1.54, 1.807) is 7.11 Å². The number of hydrogen-bond donors (Lipinski definition) is 1. The van der Waals surface area contributed by atoms with Gasteiger partial charge in [0.15, 0.2) is 0 Å². The van der Waals surface area contributed by atoms with E-state index >= 15 is 0 Å². The average Bonchev–Trinajstić information content (AvgIpc) is 3.24. The van der Waals surface area contributed by atoms with E-state index in [1.807, 2.05) is 40.0 Å². The number of carbonyl (C=O) groups is 1. The lowest BCUT2D eigenvalue weighted by atomic mass is 10.1. The predicted octanol–water partition coefficient (Wildman–Crippen LogP) is 2.20. The number of nitrogens with one attached hydrogen (secondary N) is 1. The zero-order valence-electron chi connectivity index (χ0n) is 16.2. The van der Waals surface area contributed by atoms with E-state index in [0.29, 0.717) is 24.8 Å². The van der Waals surface area contributed by atoms with E-state index in [1.165, 1.54) is 0 Å². The molecule has 1 amide bonds. The first-order valence-electron chi connectivity index (χ1n) is 9.69. The van der Waals surface area contributed by atoms with Crippen molar-refractivity contribution < 1.29 is 9.53 Å². The molecule has 1 atom stereocenters. The van der Waals surface area contributed by atoms with Crippen molar-refractivity contribution in [2.24, 2.45) is 0 Å². The zero-order valence-corrected chi connectivity index (χ0v) is 17.0. The van der Waals surface area contributed by atoms with Gasteiger partial charge < -0.3 is 19.9 Å². The SMILES string of the molecule is COc1ccccc1N1CCN(C(=O)c2ccn(C3CCCNC3)n2)CC1.Cl. The fourth-order valence-corrected chi connectivity index (χ4v) is 3.92. The normalized spacial score (nSPS) is 19.8. The first-order valence-corrected chi connectivity index (χ1v) is 9.69. The minimum atomic E-state index is 0. The summed E-state index contributed by atoms with van der Waals surface area (Å²) in [5.74, 6) is 0.898. The molecule has 3 heterocycles. The van der Waals surface area contributed by atoms with E-state index < -0.39 is 0 Å². The second-order valence-corrected chi connectivity index (χ2v) is 7.13. The Morgan fingerprint density at radius 1 is 1.18 bits per heavy atom. The van der Waals surface area contributed by atoms with Crippen LogP contribution in [0.1, 0.15) is 29.4 Å². The molecule has 1 unspecified atom stereocenters. The fourth-order valence-electron chi connectivity index (χ4n) is 3.92. The van der Waals surface area contributed by atoms with E-state index in [-0.39, 0.29) is 18.3 Å². The fraction of sp³-hybridized carbons (Fsp3) is 0.500. The number of ether oxygens (including phenoxy) is 1. The molecule has 152 valence electrons. The van der Waals surface area contributed by atoms with Gasteiger partial charge in [-0.05, 0) is 37.6 Å². The van der Waals surface area contributed by atoms with Crippen molar-refractivity contribution in [3.05, 3.63) is 42.2 Å². The minimum absolute atomic E-state index is 0. The maximum atomic E-state index is 12.9. The maximum Gasteiger partial charge on any atom is 0.274 e. The number of nitrogens with zero attached hydrogens (tertiary/aromatic N) is 4. The van der Waals surface area contributed by atoms with Crippen molar-refractivity contribution in [3.63, 3.8) is 0 Å². The summed E-state index contributed by atoms with van der Waals surface area (Å²) in [5, 5.41) is 7.96. The molecule has 0 spiro atoms. The van der Waals surface area contributed by atoms with Gasteiger partial charge >= 0.3 is 0 Å². The number of benzene rings is 1. The zero-order chi connectivity index (χ0) is 18.6. The second kappa shape index (κ2) is 9.30. The van der Waals surface area contributed by atoms with Gasteiger partial charge in [-0.3, -0.25) is 9.48 Å². The number of methoxy groups -OCH3 is 1. The summed E-state index contributed by atoms with van der Waals surface area (Å²) in [7, 11) is 1.69. The van der Waals surface area contributed by atoms with Crippen LogP contribution in [0.25, 0.3) is 0 Å². The van der Waals surface area contributed by atoms with E-state index in [0.717, 1.165) is 50.5 Å². The molecule has 2 aromatic rings. The number of para-hydroxylation sites is 2. The van der Waals surface area contributed by atoms with E-state index in [2.05, 4.69) is 21.4 Å². The lowest BCUT2D eigenvalue weighted by molar-refractivity contribution is 0.0739. The van der Waals surface area contributed by atoms with Gasteiger partial charge in [-0.15, -0.1) is 12.4 Å². The monoisotopic (exact) mass is 405 g/mol. The molecular formula is C20H28ClN5O2. The highest BCUT2D eigenvalue weighted by molar-refractivity contribution is 5.92. The Balaban J connectivity index is 0.00000225. The standard InChI is InChI=1S/C20H27N5O2.ClH/c1-27-19-7-3-2-6-18(19)23-11-13-24(14-12-23)20(26)17-8-10-25(22-17)16-5-4-9-21-15-16;/h2-3,6-8,10,16,21H,4-5,9,11-15H2,1H3;1H. The van der Waals surface area contributed by atoms with Crippen LogP contribution in [0.5, 0.6) is 5.75 Å². The highest BCUT2D eigenvalue weighted by Gasteiger charge is 2.26. The predicted molar refractivity (Wildman–Crippen MR) is 112 cm³/mol. The second-order valence-electron chi connectivity index (χ2n) is 7.13. The molecule has 0 bridgehead atoms. The average molecular weight is 406 g/mol. The van der Waals surface area contributed by atoms with Crippen LogP contribution in [0.2, 0.25) is 0 Å². The Labute approximate surface area is 172 Å². The Morgan fingerprint density at radius 3 is 2.68 bits per heavy atom. The summed E-state index contributed by atoms with van der Waals surface area (Å²) in [6, 6.07) is 10.2. The van der Waals surface area contributed by atoms with Crippen LogP contribution < -0.4 is 15.0 Å². The van der Waals surface area contributed by atoms with Gasteiger partial charge in [-0.1, -0.05) is 12.1 Å². The molecule has 2 aliphatic rings.